The van der Waals surface area contributed by atoms with Gasteiger partial charge in [0.05, 0.1) is 5.56 Å². The standard InChI is InChI=1S/C20H28N2O4/c1-14(2)21(3)19(24)16-10-12-22(13-11-16)18(23)9-8-15-6-4-5-7-17(15)20(25)26/h4-7,14,16H,8-13H2,1-3H3,(H,25,26). The normalized spacial score (nSPS) is 15.2. The van der Waals surface area contributed by atoms with E-state index in [9.17, 15) is 19.5 Å². The van der Waals surface area contributed by atoms with Crippen LogP contribution in [0, 0.1) is 5.92 Å². The third-order valence-corrected chi connectivity index (χ3v) is 5.18. The minimum Gasteiger partial charge on any atom is -0.478 e. The number of benzene rings is 1. The summed E-state index contributed by atoms with van der Waals surface area (Å²) in [5.41, 5.74) is 0.929. The number of likely N-dealkylation sites (tertiary alicyclic amines) is 1. The molecule has 1 heterocycles. The van der Waals surface area contributed by atoms with E-state index in [1.807, 2.05) is 20.9 Å². The van der Waals surface area contributed by atoms with Crippen LogP contribution in [-0.4, -0.2) is 58.9 Å². The lowest BCUT2D eigenvalue weighted by Gasteiger charge is -2.34. The molecule has 1 aromatic carbocycles. The molecule has 0 bridgehead atoms. The molecule has 0 radical (unpaired) electrons. The number of carboxylic acid groups (broad SMARTS) is 1. The molecule has 1 aromatic rings. The van der Waals surface area contributed by atoms with Gasteiger partial charge in [-0.25, -0.2) is 4.79 Å². The molecule has 1 aliphatic rings. The number of rotatable bonds is 6. The fourth-order valence-corrected chi connectivity index (χ4v) is 3.26. The van der Waals surface area contributed by atoms with Crippen LogP contribution in [0.5, 0.6) is 0 Å². The Morgan fingerprint density at radius 2 is 1.81 bits per heavy atom. The van der Waals surface area contributed by atoms with Crippen molar-refractivity contribution in [3.05, 3.63) is 35.4 Å². The molecule has 2 rings (SSSR count). The minimum absolute atomic E-state index is 0.0146. The first-order valence-electron chi connectivity index (χ1n) is 9.17. The van der Waals surface area contributed by atoms with Crippen LogP contribution in [0.1, 0.15) is 49.0 Å². The molecule has 1 saturated heterocycles. The number of nitrogens with zero attached hydrogens (tertiary/aromatic N) is 2. The molecular formula is C20H28N2O4. The molecule has 1 N–H and O–H groups in total. The van der Waals surface area contributed by atoms with Gasteiger partial charge in [-0.3, -0.25) is 9.59 Å². The van der Waals surface area contributed by atoms with Crippen LogP contribution in [0.15, 0.2) is 24.3 Å². The van der Waals surface area contributed by atoms with Crippen molar-refractivity contribution in [3.63, 3.8) is 0 Å². The molecule has 142 valence electrons. The zero-order chi connectivity index (χ0) is 19.3. The molecule has 6 heteroatoms. The Morgan fingerprint density at radius 1 is 1.19 bits per heavy atom. The first kappa shape index (κ1) is 19.9. The Morgan fingerprint density at radius 3 is 2.38 bits per heavy atom. The van der Waals surface area contributed by atoms with Gasteiger partial charge in [0.1, 0.15) is 0 Å². The molecule has 1 aliphatic heterocycles. The summed E-state index contributed by atoms with van der Waals surface area (Å²) in [4.78, 5) is 39.7. The number of piperidine rings is 1. The summed E-state index contributed by atoms with van der Waals surface area (Å²) in [6, 6.07) is 6.96. The average molecular weight is 360 g/mol. The second kappa shape index (κ2) is 8.83. The molecule has 2 amide bonds. The van der Waals surface area contributed by atoms with E-state index < -0.39 is 5.97 Å². The first-order chi connectivity index (χ1) is 12.3. The van der Waals surface area contributed by atoms with Crippen LogP contribution < -0.4 is 0 Å². The van der Waals surface area contributed by atoms with E-state index in [1.165, 1.54) is 0 Å². The van der Waals surface area contributed by atoms with E-state index in [0.29, 0.717) is 37.9 Å². The molecule has 1 fully saturated rings. The van der Waals surface area contributed by atoms with Gasteiger partial charge in [-0.05, 0) is 44.7 Å². The van der Waals surface area contributed by atoms with E-state index in [-0.39, 0.29) is 35.8 Å². The smallest absolute Gasteiger partial charge is 0.335 e. The van der Waals surface area contributed by atoms with Gasteiger partial charge in [-0.2, -0.15) is 0 Å². The molecule has 0 spiro atoms. The SMILES string of the molecule is CC(C)N(C)C(=O)C1CCN(C(=O)CCc2ccccc2C(=O)O)CC1. The van der Waals surface area contributed by atoms with Crippen molar-refractivity contribution in [2.24, 2.45) is 5.92 Å². The number of carbonyl (C=O) groups is 3. The largest absolute Gasteiger partial charge is 0.478 e. The lowest BCUT2D eigenvalue weighted by molar-refractivity contribution is -0.140. The third kappa shape index (κ3) is 4.84. The van der Waals surface area contributed by atoms with E-state index in [1.54, 1.807) is 34.1 Å². The average Bonchev–Trinajstić information content (AvgIpc) is 2.65. The highest BCUT2D eigenvalue weighted by Gasteiger charge is 2.29. The number of aryl methyl sites for hydroxylation is 1. The van der Waals surface area contributed by atoms with Crippen LogP contribution in [-0.2, 0) is 16.0 Å². The summed E-state index contributed by atoms with van der Waals surface area (Å²) in [5, 5.41) is 9.21. The third-order valence-electron chi connectivity index (χ3n) is 5.18. The van der Waals surface area contributed by atoms with E-state index in [0.717, 1.165) is 0 Å². The van der Waals surface area contributed by atoms with Gasteiger partial charge < -0.3 is 14.9 Å². The van der Waals surface area contributed by atoms with Gasteiger partial charge in [0.25, 0.3) is 0 Å². The highest BCUT2D eigenvalue weighted by Crippen LogP contribution is 2.21. The van der Waals surface area contributed by atoms with Crippen molar-refractivity contribution in [1.82, 2.24) is 9.80 Å². The maximum Gasteiger partial charge on any atom is 0.335 e. The monoisotopic (exact) mass is 360 g/mol. The molecule has 0 aliphatic carbocycles. The molecule has 0 unspecified atom stereocenters. The highest BCUT2D eigenvalue weighted by molar-refractivity contribution is 5.89. The number of hydrogen-bond acceptors (Lipinski definition) is 3. The zero-order valence-electron chi connectivity index (χ0n) is 15.8. The van der Waals surface area contributed by atoms with Crippen molar-refractivity contribution in [2.75, 3.05) is 20.1 Å². The van der Waals surface area contributed by atoms with E-state index in [2.05, 4.69) is 0 Å². The lowest BCUT2D eigenvalue weighted by Crippen LogP contribution is -2.45. The Balaban J connectivity index is 1.86. The van der Waals surface area contributed by atoms with Gasteiger partial charge in [-0.15, -0.1) is 0 Å². The van der Waals surface area contributed by atoms with Gasteiger partial charge in [0.2, 0.25) is 11.8 Å². The number of hydrogen-bond donors (Lipinski definition) is 1. The Labute approximate surface area is 154 Å². The number of carbonyl (C=O) groups excluding carboxylic acids is 2. The molecule has 0 aromatic heterocycles. The van der Waals surface area contributed by atoms with Gasteiger partial charge >= 0.3 is 5.97 Å². The van der Waals surface area contributed by atoms with E-state index in [4.69, 9.17) is 0 Å². The number of amides is 2. The first-order valence-corrected chi connectivity index (χ1v) is 9.17. The van der Waals surface area contributed by atoms with Crippen LogP contribution in [0.3, 0.4) is 0 Å². The van der Waals surface area contributed by atoms with Gasteiger partial charge in [0, 0.05) is 38.5 Å². The zero-order valence-corrected chi connectivity index (χ0v) is 15.8. The summed E-state index contributed by atoms with van der Waals surface area (Å²) in [7, 11) is 1.82. The van der Waals surface area contributed by atoms with Crippen molar-refractivity contribution < 1.29 is 19.5 Å². The second-order valence-electron chi connectivity index (χ2n) is 7.16. The quantitative estimate of drug-likeness (QED) is 0.845. The Hall–Kier alpha value is -2.37. The predicted octanol–water partition coefficient (Wildman–Crippen LogP) is 2.42. The Bertz CT molecular complexity index is 664. The molecule has 6 nitrogen and oxygen atoms in total. The number of aromatic carboxylic acids is 1. The van der Waals surface area contributed by atoms with Gasteiger partial charge in [0.15, 0.2) is 0 Å². The summed E-state index contributed by atoms with van der Waals surface area (Å²) in [5.74, 6) is -0.809. The number of carboxylic acids is 1. The topological polar surface area (TPSA) is 77.9 Å². The molecule has 0 atom stereocenters. The predicted molar refractivity (Wildman–Crippen MR) is 98.9 cm³/mol. The van der Waals surface area contributed by atoms with Crippen molar-refractivity contribution in [2.45, 2.75) is 45.6 Å². The molecular weight excluding hydrogens is 332 g/mol. The van der Waals surface area contributed by atoms with Crippen LogP contribution >= 0.6 is 0 Å². The highest BCUT2D eigenvalue weighted by atomic mass is 16.4. The second-order valence-corrected chi connectivity index (χ2v) is 7.16. The van der Waals surface area contributed by atoms with Crippen molar-refractivity contribution in [1.29, 1.82) is 0 Å². The molecule has 26 heavy (non-hydrogen) atoms. The summed E-state index contributed by atoms with van der Waals surface area (Å²) in [6.07, 6.45) is 2.08. The summed E-state index contributed by atoms with van der Waals surface area (Å²) < 4.78 is 0. The van der Waals surface area contributed by atoms with Crippen LogP contribution in [0.4, 0.5) is 0 Å². The fraction of sp³-hybridized carbons (Fsp3) is 0.550. The molecule has 0 saturated carbocycles. The van der Waals surface area contributed by atoms with E-state index >= 15 is 0 Å². The van der Waals surface area contributed by atoms with Crippen molar-refractivity contribution >= 4 is 17.8 Å². The summed E-state index contributed by atoms with van der Waals surface area (Å²) >= 11 is 0. The minimum atomic E-state index is -0.971. The summed E-state index contributed by atoms with van der Waals surface area (Å²) in [6.45, 7) is 5.15. The van der Waals surface area contributed by atoms with Crippen molar-refractivity contribution in [3.8, 4) is 0 Å². The maximum absolute atomic E-state index is 12.5. The van der Waals surface area contributed by atoms with Crippen LogP contribution in [0.25, 0.3) is 0 Å². The van der Waals surface area contributed by atoms with Gasteiger partial charge in [-0.1, -0.05) is 18.2 Å². The fourth-order valence-electron chi connectivity index (χ4n) is 3.26. The lowest BCUT2D eigenvalue weighted by atomic mass is 9.94. The van der Waals surface area contributed by atoms with Crippen LogP contribution in [0.2, 0.25) is 0 Å². The maximum atomic E-state index is 12.5. The Kier molecular flexibility index (Phi) is 6.77.